The Hall–Kier alpha value is -0.730. The summed E-state index contributed by atoms with van der Waals surface area (Å²) in [5, 5.41) is 0. The van der Waals surface area contributed by atoms with Crippen LogP contribution < -0.4 is 0 Å². The maximum Gasteiger partial charge on any atom is 0.320 e. The first-order valence-corrected chi connectivity index (χ1v) is 6.37. The fraction of sp³-hybridized carbons (Fsp3) is 0.923. The number of hydrogen-bond donors (Lipinski definition) is 0. The average molecular weight is 224 g/mol. The number of urea groups is 1. The molecule has 2 saturated heterocycles. The van der Waals surface area contributed by atoms with E-state index in [0.29, 0.717) is 0 Å². The summed E-state index contributed by atoms with van der Waals surface area (Å²) in [5.74, 6) is 0. The Bertz CT molecular complexity index is 291. The van der Waals surface area contributed by atoms with Crippen LogP contribution in [0.4, 0.5) is 4.79 Å². The monoisotopic (exact) mass is 224 g/mol. The van der Waals surface area contributed by atoms with E-state index < -0.39 is 0 Å². The van der Waals surface area contributed by atoms with Gasteiger partial charge in [-0.3, -0.25) is 0 Å². The highest BCUT2D eigenvalue weighted by Crippen LogP contribution is 2.45. The summed E-state index contributed by atoms with van der Waals surface area (Å²) in [6.07, 6.45) is 2.31. The topological polar surface area (TPSA) is 23.6 Å². The molecular formula is C13H24N2O. The average Bonchev–Trinajstić information content (AvgIpc) is 2.44. The Morgan fingerprint density at radius 3 is 2.12 bits per heavy atom. The van der Waals surface area contributed by atoms with Crippen molar-refractivity contribution in [1.29, 1.82) is 0 Å². The Kier molecular flexibility index (Phi) is 2.67. The number of likely N-dealkylation sites (tertiary alicyclic amines) is 2. The van der Waals surface area contributed by atoms with Crippen molar-refractivity contribution in [2.24, 2.45) is 10.8 Å². The van der Waals surface area contributed by atoms with E-state index in [0.717, 1.165) is 32.6 Å². The van der Waals surface area contributed by atoms with E-state index >= 15 is 0 Å². The van der Waals surface area contributed by atoms with E-state index in [1.165, 1.54) is 6.42 Å². The number of carbonyl (C=O) groups excluding carboxylic acids is 1. The molecule has 3 nitrogen and oxygen atoms in total. The van der Waals surface area contributed by atoms with Crippen LogP contribution in [0.3, 0.4) is 0 Å². The molecule has 2 fully saturated rings. The predicted molar refractivity (Wildman–Crippen MR) is 65.3 cm³/mol. The minimum Gasteiger partial charge on any atom is -0.325 e. The van der Waals surface area contributed by atoms with Crippen LogP contribution >= 0.6 is 0 Å². The fourth-order valence-corrected chi connectivity index (χ4v) is 2.44. The molecule has 3 heteroatoms. The first-order chi connectivity index (χ1) is 7.33. The van der Waals surface area contributed by atoms with E-state index in [9.17, 15) is 4.79 Å². The van der Waals surface area contributed by atoms with Crippen molar-refractivity contribution in [2.45, 2.75) is 40.5 Å². The summed E-state index contributed by atoms with van der Waals surface area (Å²) in [4.78, 5) is 16.1. The second kappa shape index (κ2) is 3.64. The van der Waals surface area contributed by atoms with Crippen molar-refractivity contribution in [2.75, 3.05) is 26.2 Å². The lowest BCUT2D eigenvalue weighted by Crippen LogP contribution is -2.49. The zero-order chi connectivity index (χ0) is 12.0. The predicted octanol–water partition coefficient (Wildman–Crippen LogP) is 2.57. The standard InChI is InChI=1S/C13H24N2O/c1-12(2,3)13(4)6-9-15(10-13)11(16)14-7-5-8-14/h5-10H2,1-4H3/t13-/m0/s1. The minimum absolute atomic E-state index is 0.263. The van der Waals surface area contributed by atoms with Gasteiger partial charge in [0.15, 0.2) is 0 Å². The highest BCUT2D eigenvalue weighted by Gasteiger charge is 2.45. The molecule has 1 atom stereocenters. The van der Waals surface area contributed by atoms with Crippen molar-refractivity contribution in [3.05, 3.63) is 0 Å². The van der Waals surface area contributed by atoms with Gasteiger partial charge < -0.3 is 9.80 Å². The molecule has 0 spiro atoms. The molecule has 16 heavy (non-hydrogen) atoms. The quantitative estimate of drug-likeness (QED) is 0.620. The van der Waals surface area contributed by atoms with Gasteiger partial charge in [-0.15, -0.1) is 0 Å². The molecule has 2 aliphatic heterocycles. The first-order valence-electron chi connectivity index (χ1n) is 6.37. The lowest BCUT2D eigenvalue weighted by Gasteiger charge is -2.40. The Morgan fingerprint density at radius 2 is 1.75 bits per heavy atom. The van der Waals surface area contributed by atoms with E-state index in [1.54, 1.807) is 0 Å². The molecule has 2 aliphatic rings. The fourth-order valence-electron chi connectivity index (χ4n) is 2.44. The smallest absolute Gasteiger partial charge is 0.320 e. The van der Waals surface area contributed by atoms with Gasteiger partial charge in [0.1, 0.15) is 0 Å². The molecule has 0 bridgehead atoms. The van der Waals surface area contributed by atoms with Gasteiger partial charge in [-0.25, -0.2) is 4.79 Å². The second-order valence-corrected chi connectivity index (χ2v) is 6.61. The number of carbonyl (C=O) groups is 1. The summed E-state index contributed by atoms with van der Waals surface area (Å²) in [7, 11) is 0. The van der Waals surface area contributed by atoms with E-state index in [-0.39, 0.29) is 16.9 Å². The summed E-state index contributed by atoms with van der Waals surface area (Å²) in [6.45, 7) is 12.9. The van der Waals surface area contributed by atoms with Crippen LogP contribution in [0, 0.1) is 10.8 Å². The molecule has 2 rings (SSSR count). The van der Waals surface area contributed by atoms with Gasteiger partial charge in [0.05, 0.1) is 0 Å². The van der Waals surface area contributed by atoms with Crippen LogP contribution in [-0.2, 0) is 0 Å². The number of rotatable bonds is 0. The lowest BCUT2D eigenvalue weighted by atomic mass is 9.67. The van der Waals surface area contributed by atoms with Crippen LogP contribution in [0.2, 0.25) is 0 Å². The molecule has 0 unspecified atom stereocenters. The molecule has 2 amide bonds. The first kappa shape index (κ1) is 11.7. The highest BCUT2D eigenvalue weighted by molar-refractivity contribution is 5.75. The second-order valence-electron chi connectivity index (χ2n) is 6.61. The van der Waals surface area contributed by atoms with Crippen molar-refractivity contribution in [1.82, 2.24) is 9.80 Å². The van der Waals surface area contributed by atoms with E-state index in [2.05, 4.69) is 27.7 Å². The maximum atomic E-state index is 12.1. The third kappa shape index (κ3) is 1.80. The van der Waals surface area contributed by atoms with Gasteiger partial charge in [-0.2, -0.15) is 0 Å². The van der Waals surface area contributed by atoms with Crippen molar-refractivity contribution >= 4 is 6.03 Å². The van der Waals surface area contributed by atoms with Gasteiger partial charge >= 0.3 is 6.03 Å². The Labute approximate surface area is 98.8 Å². The minimum atomic E-state index is 0.263. The van der Waals surface area contributed by atoms with Crippen molar-refractivity contribution < 1.29 is 4.79 Å². The van der Waals surface area contributed by atoms with Crippen molar-refractivity contribution in [3.63, 3.8) is 0 Å². The summed E-state index contributed by atoms with van der Waals surface area (Å²) in [5.41, 5.74) is 0.546. The molecule has 0 saturated carbocycles. The normalized spacial score (nSPS) is 30.5. The molecule has 0 aromatic rings. The molecule has 0 aromatic carbocycles. The van der Waals surface area contributed by atoms with Crippen LogP contribution in [0.5, 0.6) is 0 Å². The molecule has 0 N–H and O–H groups in total. The largest absolute Gasteiger partial charge is 0.325 e. The van der Waals surface area contributed by atoms with Gasteiger partial charge in [-0.1, -0.05) is 27.7 Å². The number of hydrogen-bond acceptors (Lipinski definition) is 1. The van der Waals surface area contributed by atoms with Crippen LogP contribution in [-0.4, -0.2) is 42.0 Å². The molecule has 0 radical (unpaired) electrons. The molecule has 0 aliphatic carbocycles. The zero-order valence-corrected chi connectivity index (χ0v) is 11.0. The van der Waals surface area contributed by atoms with E-state index in [1.807, 2.05) is 9.80 Å². The van der Waals surface area contributed by atoms with Crippen LogP contribution in [0.15, 0.2) is 0 Å². The van der Waals surface area contributed by atoms with Gasteiger partial charge in [0.25, 0.3) is 0 Å². The van der Waals surface area contributed by atoms with Gasteiger partial charge in [-0.05, 0) is 23.7 Å². The van der Waals surface area contributed by atoms with Gasteiger partial charge in [0, 0.05) is 26.2 Å². The SMILES string of the molecule is CC(C)(C)[C@@]1(C)CCN(C(=O)N2CCC2)C1. The van der Waals surface area contributed by atoms with Crippen molar-refractivity contribution in [3.8, 4) is 0 Å². The van der Waals surface area contributed by atoms with Gasteiger partial charge in [0.2, 0.25) is 0 Å². The third-order valence-corrected chi connectivity index (χ3v) is 4.68. The van der Waals surface area contributed by atoms with Crippen LogP contribution in [0.1, 0.15) is 40.5 Å². The Balaban J connectivity index is 1.99. The number of nitrogens with zero attached hydrogens (tertiary/aromatic N) is 2. The maximum absolute atomic E-state index is 12.1. The molecular weight excluding hydrogens is 200 g/mol. The lowest BCUT2D eigenvalue weighted by molar-refractivity contribution is 0.102. The summed E-state index contributed by atoms with van der Waals surface area (Å²) >= 11 is 0. The highest BCUT2D eigenvalue weighted by atomic mass is 16.2. The molecule has 2 heterocycles. The summed E-state index contributed by atoms with van der Waals surface area (Å²) < 4.78 is 0. The van der Waals surface area contributed by atoms with E-state index in [4.69, 9.17) is 0 Å². The van der Waals surface area contributed by atoms with Crippen LogP contribution in [0.25, 0.3) is 0 Å². The zero-order valence-electron chi connectivity index (χ0n) is 11.0. The molecule has 92 valence electrons. The Morgan fingerprint density at radius 1 is 1.12 bits per heavy atom. The molecule has 0 aromatic heterocycles. The number of amides is 2. The summed E-state index contributed by atoms with van der Waals surface area (Å²) in [6, 6.07) is 0.263. The third-order valence-electron chi connectivity index (χ3n) is 4.68.